The Balaban J connectivity index is 1.90. The number of rotatable bonds is 8. The number of amides is 1. The first-order chi connectivity index (χ1) is 13.7. The van der Waals surface area contributed by atoms with E-state index in [1.165, 1.54) is 19.1 Å². The van der Waals surface area contributed by atoms with Crippen LogP contribution < -0.4 is 10.1 Å². The number of ketones is 1. The maximum atomic E-state index is 14.1. The summed E-state index contributed by atoms with van der Waals surface area (Å²) in [4.78, 5) is 35.0. The molecule has 1 amide bonds. The van der Waals surface area contributed by atoms with E-state index in [2.05, 4.69) is 19.2 Å². The number of benzene rings is 2. The second kappa shape index (κ2) is 9.82. The van der Waals surface area contributed by atoms with Crippen molar-refractivity contribution in [3.8, 4) is 5.75 Å². The van der Waals surface area contributed by atoms with Crippen LogP contribution in [0.1, 0.15) is 48.2 Å². The fourth-order valence-electron chi connectivity index (χ4n) is 2.56. The molecule has 0 unspecified atom stereocenters. The number of esters is 1. The first-order valence-electron chi connectivity index (χ1n) is 9.16. The normalized spacial score (nSPS) is 10.6. The molecule has 7 heteroatoms. The van der Waals surface area contributed by atoms with Crippen molar-refractivity contribution in [3.63, 3.8) is 0 Å². The van der Waals surface area contributed by atoms with E-state index < -0.39 is 24.2 Å². The summed E-state index contributed by atoms with van der Waals surface area (Å²) in [6.45, 7) is 6.29. The van der Waals surface area contributed by atoms with E-state index in [9.17, 15) is 18.8 Å². The van der Waals surface area contributed by atoms with Crippen molar-refractivity contribution in [2.45, 2.75) is 33.6 Å². The van der Waals surface area contributed by atoms with Crippen LogP contribution in [0.2, 0.25) is 0 Å². The van der Waals surface area contributed by atoms with Crippen LogP contribution in [0.5, 0.6) is 5.75 Å². The van der Waals surface area contributed by atoms with Crippen LogP contribution >= 0.6 is 0 Å². The van der Waals surface area contributed by atoms with Crippen LogP contribution in [0.4, 0.5) is 10.1 Å². The number of carbonyl (C=O) groups excluding carboxylic acids is 3. The molecule has 0 aromatic heterocycles. The van der Waals surface area contributed by atoms with E-state index in [1.807, 2.05) is 25.1 Å². The summed E-state index contributed by atoms with van der Waals surface area (Å²) in [6.07, 6.45) is 0. The third-order valence-corrected chi connectivity index (χ3v) is 4.18. The van der Waals surface area contributed by atoms with Crippen molar-refractivity contribution in [2.75, 3.05) is 18.5 Å². The zero-order chi connectivity index (χ0) is 21.6. The van der Waals surface area contributed by atoms with Gasteiger partial charge in [0.05, 0.1) is 5.56 Å². The minimum absolute atomic E-state index is 0.228. The Labute approximate surface area is 169 Å². The summed E-state index contributed by atoms with van der Waals surface area (Å²) >= 11 is 0. The number of hydrogen-bond acceptors (Lipinski definition) is 5. The molecule has 0 aliphatic rings. The third kappa shape index (κ3) is 6.41. The van der Waals surface area contributed by atoms with Gasteiger partial charge in [-0.25, -0.2) is 9.18 Å². The fraction of sp³-hybridized carbons (Fsp3) is 0.318. The molecule has 6 nitrogen and oxygen atoms in total. The predicted molar refractivity (Wildman–Crippen MR) is 107 cm³/mol. The van der Waals surface area contributed by atoms with Gasteiger partial charge in [-0.3, -0.25) is 9.59 Å². The van der Waals surface area contributed by atoms with Crippen molar-refractivity contribution in [1.82, 2.24) is 0 Å². The van der Waals surface area contributed by atoms with E-state index in [-0.39, 0.29) is 23.8 Å². The molecule has 0 radical (unpaired) electrons. The molecule has 0 atom stereocenters. The fourth-order valence-corrected chi connectivity index (χ4v) is 2.56. The number of halogens is 1. The van der Waals surface area contributed by atoms with E-state index in [4.69, 9.17) is 9.47 Å². The highest BCUT2D eigenvalue weighted by atomic mass is 19.1. The number of anilines is 1. The molecule has 2 rings (SSSR count). The van der Waals surface area contributed by atoms with Crippen molar-refractivity contribution in [2.24, 2.45) is 0 Å². The van der Waals surface area contributed by atoms with Crippen molar-refractivity contribution in [1.29, 1.82) is 0 Å². The number of hydrogen-bond donors (Lipinski definition) is 1. The van der Waals surface area contributed by atoms with Crippen LogP contribution in [-0.2, 0) is 14.3 Å². The summed E-state index contributed by atoms with van der Waals surface area (Å²) < 4.78 is 24.5. The molecule has 0 saturated heterocycles. The first kappa shape index (κ1) is 22.1. The predicted octanol–water partition coefficient (Wildman–Crippen LogP) is 4.02. The van der Waals surface area contributed by atoms with Crippen molar-refractivity contribution in [3.05, 3.63) is 58.9 Å². The molecule has 1 N–H and O–H groups in total. The highest BCUT2D eigenvalue weighted by molar-refractivity contribution is 5.99. The number of aryl methyl sites for hydroxylation is 1. The Morgan fingerprint density at radius 1 is 1.07 bits per heavy atom. The SMILES string of the molecule is CC(=O)Nc1ccc(C(=O)COC(=O)COc2cc(C(C)C)ccc2C)c(F)c1. The van der Waals surface area contributed by atoms with E-state index in [1.54, 1.807) is 0 Å². The van der Waals surface area contributed by atoms with Gasteiger partial charge in [0.25, 0.3) is 0 Å². The summed E-state index contributed by atoms with van der Waals surface area (Å²) in [5.41, 5.74) is 1.95. The molecule has 0 aliphatic carbocycles. The van der Waals surface area contributed by atoms with Gasteiger partial charge in [-0.1, -0.05) is 26.0 Å². The minimum atomic E-state index is -0.810. The summed E-state index contributed by atoms with van der Waals surface area (Å²) in [6, 6.07) is 9.43. The average Bonchev–Trinajstić information content (AvgIpc) is 2.64. The van der Waals surface area contributed by atoms with Crippen molar-refractivity contribution >= 4 is 23.3 Å². The highest BCUT2D eigenvalue weighted by Gasteiger charge is 2.16. The molecule has 0 heterocycles. The molecular weight excluding hydrogens is 377 g/mol. The van der Waals surface area contributed by atoms with Gasteiger partial charge in [0.2, 0.25) is 11.7 Å². The topological polar surface area (TPSA) is 81.7 Å². The molecule has 29 heavy (non-hydrogen) atoms. The Morgan fingerprint density at radius 2 is 1.79 bits per heavy atom. The van der Waals surface area contributed by atoms with Crippen LogP contribution in [-0.4, -0.2) is 30.9 Å². The maximum absolute atomic E-state index is 14.1. The summed E-state index contributed by atoms with van der Waals surface area (Å²) in [5.74, 6) is -1.71. The summed E-state index contributed by atoms with van der Waals surface area (Å²) in [7, 11) is 0. The lowest BCUT2D eigenvalue weighted by atomic mass is 10.0. The standard InChI is InChI=1S/C22H24FNO5/c1-13(2)16-6-5-14(3)21(9-16)28-12-22(27)29-11-20(26)18-8-7-17(10-19(18)23)24-15(4)25/h5-10,13H,11-12H2,1-4H3,(H,24,25). The zero-order valence-corrected chi connectivity index (χ0v) is 16.9. The monoisotopic (exact) mass is 401 g/mol. The molecule has 0 saturated carbocycles. The number of Topliss-reactive ketones (excluding diaryl/α,β-unsaturated/α-hetero) is 1. The Bertz CT molecular complexity index is 923. The molecule has 0 bridgehead atoms. The third-order valence-electron chi connectivity index (χ3n) is 4.18. The number of ether oxygens (including phenoxy) is 2. The van der Waals surface area contributed by atoms with Crippen LogP contribution in [0.3, 0.4) is 0 Å². The Morgan fingerprint density at radius 3 is 2.41 bits per heavy atom. The smallest absolute Gasteiger partial charge is 0.344 e. The molecule has 154 valence electrons. The molecule has 0 spiro atoms. The lowest BCUT2D eigenvalue weighted by Gasteiger charge is -2.12. The van der Waals surface area contributed by atoms with E-state index in [0.717, 1.165) is 17.2 Å². The largest absolute Gasteiger partial charge is 0.482 e. The minimum Gasteiger partial charge on any atom is -0.482 e. The second-order valence-corrected chi connectivity index (χ2v) is 6.93. The van der Waals surface area contributed by atoms with Gasteiger partial charge in [0, 0.05) is 12.6 Å². The van der Waals surface area contributed by atoms with Gasteiger partial charge in [-0.15, -0.1) is 0 Å². The van der Waals surface area contributed by atoms with Gasteiger partial charge in [0.15, 0.2) is 13.2 Å². The highest BCUT2D eigenvalue weighted by Crippen LogP contribution is 2.24. The lowest BCUT2D eigenvalue weighted by Crippen LogP contribution is -2.20. The molecule has 2 aromatic rings. The quantitative estimate of drug-likeness (QED) is 0.534. The van der Waals surface area contributed by atoms with Crippen LogP contribution in [0, 0.1) is 12.7 Å². The number of carbonyl (C=O) groups is 3. The average molecular weight is 401 g/mol. The molecule has 0 fully saturated rings. The van der Waals surface area contributed by atoms with Gasteiger partial charge < -0.3 is 14.8 Å². The second-order valence-electron chi connectivity index (χ2n) is 6.93. The lowest BCUT2D eigenvalue weighted by molar-refractivity contribution is -0.144. The zero-order valence-electron chi connectivity index (χ0n) is 16.9. The van der Waals surface area contributed by atoms with Crippen LogP contribution in [0.25, 0.3) is 0 Å². The number of nitrogens with one attached hydrogen (secondary N) is 1. The van der Waals surface area contributed by atoms with Gasteiger partial charge in [-0.05, 0) is 48.2 Å². The molecule has 0 aliphatic heterocycles. The van der Waals surface area contributed by atoms with Crippen LogP contribution in [0.15, 0.2) is 36.4 Å². The summed E-state index contributed by atoms with van der Waals surface area (Å²) in [5, 5.41) is 2.42. The first-order valence-corrected chi connectivity index (χ1v) is 9.16. The maximum Gasteiger partial charge on any atom is 0.344 e. The molecular formula is C22H24FNO5. The van der Waals surface area contributed by atoms with E-state index >= 15 is 0 Å². The Hall–Kier alpha value is -3.22. The van der Waals surface area contributed by atoms with Gasteiger partial charge >= 0.3 is 5.97 Å². The molecule has 2 aromatic carbocycles. The van der Waals surface area contributed by atoms with Crippen molar-refractivity contribution < 1.29 is 28.2 Å². The van der Waals surface area contributed by atoms with E-state index in [0.29, 0.717) is 11.7 Å². The van der Waals surface area contributed by atoms with Gasteiger partial charge in [-0.2, -0.15) is 0 Å². The van der Waals surface area contributed by atoms with Gasteiger partial charge in [0.1, 0.15) is 11.6 Å². The Kier molecular flexibility index (Phi) is 7.47.